The van der Waals surface area contributed by atoms with Gasteiger partial charge in [0.15, 0.2) is 0 Å². The minimum atomic E-state index is 0.433. The molecular weight excluding hydrogens is 552 g/mol. The molecule has 0 bridgehead atoms. The van der Waals surface area contributed by atoms with E-state index in [4.69, 9.17) is 15.0 Å². The van der Waals surface area contributed by atoms with Crippen molar-refractivity contribution in [3.8, 4) is 22.5 Å². The lowest BCUT2D eigenvalue weighted by Crippen LogP contribution is -2.33. The van der Waals surface area contributed by atoms with Crippen molar-refractivity contribution >= 4 is 17.7 Å². The second-order valence-corrected chi connectivity index (χ2v) is 13.8. The van der Waals surface area contributed by atoms with Gasteiger partial charge in [0, 0.05) is 65.2 Å². The van der Waals surface area contributed by atoms with Gasteiger partial charge in [-0.3, -0.25) is 4.99 Å². The molecule has 1 aliphatic carbocycles. The van der Waals surface area contributed by atoms with Gasteiger partial charge in [-0.05, 0) is 100 Å². The van der Waals surface area contributed by atoms with Crippen molar-refractivity contribution < 1.29 is 0 Å². The van der Waals surface area contributed by atoms with Crippen LogP contribution >= 0.6 is 0 Å². The predicted octanol–water partition coefficient (Wildman–Crippen LogP) is 9.51. The highest BCUT2D eigenvalue weighted by molar-refractivity contribution is 5.81. The Morgan fingerprint density at radius 3 is 2.51 bits per heavy atom. The van der Waals surface area contributed by atoms with E-state index in [1.807, 2.05) is 6.20 Å². The third-order valence-corrected chi connectivity index (χ3v) is 10.4. The molecule has 2 aliphatic heterocycles. The van der Waals surface area contributed by atoms with Crippen LogP contribution in [-0.4, -0.2) is 39.2 Å². The molecule has 3 aromatic heterocycles. The number of rotatable bonds is 4. The number of allylic oxidation sites excluding steroid dienone is 1. The van der Waals surface area contributed by atoms with Crippen LogP contribution in [0.15, 0.2) is 65.3 Å². The fraction of sp³-hybridized carbons (Fsp3) is 0.462. The van der Waals surface area contributed by atoms with Crippen LogP contribution in [0.1, 0.15) is 100 Å². The number of piperidine rings is 1. The first-order valence-corrected chi connectivity index (χ1v) is 17.3. The molecule has 2 unspecified atom stereocenters. The van der Waals surface area contributed by atoms with Crippen LogP contribution < -0.4 is 4.90 Å². The number of H-pyrrole nitrogens is 2. The van der Waals surface area contributed by atoms with Gasteiger partial charge in [0.1, 0.15) is 11.6 Å². The smallest absolute Gasteiger partial charge is 0.129 e. The number of anilines is 1. The van der Waals surface area contributed by atoms with Crippen molar-refractivity contribution in [1.29, 1.82) is 0 Å². The summed E-state index contributed by atoms with van der Waals surface area (Å²) in [7, 11) is 0. The molecule has 6 heteroatoms. The van der Waals surface area contributed by atoms with Gasteiger partial charge in [0.05, 0.1) is 11.4 Å². The molecule has 0 spiro atoms. The number of hydrogen-bond acceptors (Lipinski definition) is 4. The van der Waals surface area contributed by atoms with E-state index in [2.05, 4.69) is 90.4 Å². The Bertz CT molecular complexity index is 1670. The van der Waals surface area contributed by atoms with Gasteiger partial charge in [-0.2, -0.15) is 0 Å². The molecule has 2 N–H and O–H groups in total. The standard InChI is InChI=1S/C39H48N6/c1-26-18-21-45(22-19-26)36-23-32(17-20-40-36)35-24-33-34(43-35)16-13-27(2)25-41-38(33)30-11-7-8-12-31(15-14-30)39-42-28(3)37(44-39)29-9-5-4-6-10-29/h4-6,9-10,17,20,23-27,31,43H,7-8,11-16,18-19,21-22H2,1-3H3,(H,42,44)/b38-30-,41-25?. The third kappa shape index (κ3) is 6.56. The Labute approximate surface area is 268 Å². The number of pyridine rings is 1. The van der Waals surface area contributed by atoms with E-state index < -0.39 is 0 Å². The second-order valence-electron chi connectivity index (χ2n) is 13.8. The molecule has 1 saturated heterocycles. The van der Waals surface area contributed by atoms with Crippen LogP contribution in [-0.2, 0) is 6.42 Å². The molecule has 4 aromatic rings. The summed E-state index contributed by atoms with van der Waals surface area (Å²) in [6.45, 7) is 9.00. The van der Waals surface area contributed by atoms with Crippen LogP contribution in [0.25, 0.3) is 28.2 Å². The van der Waals surface area contributed by atoms with Crippen molar-refractivity contribution in [1.82, 2.24) is 19.9 Å². The summed E-state index contributed by atoms with van der Waals surface area (Å²) in [4.78, 5) is 25.2. The maximum Gasteiger partial charge on any atom is 0.129 e. The molecule has 1 saturated carbocycles. The number of hydrogen-bond donors (Lipinski definition) is 2. The Morgan fingerprint density at radius 2 is 1.67 bits per heavy atom. The number of aliphatic imine (C=N–C) groups is 1. The highest BCUT2D eigenvalue weighted by atomic mass is 15.2. The average Bonchev–Trinajstić information content (AvgIpc) is 3.64. The maximum absolute atomic E-state index is 5.25. The fourth-order valence-corrected chi connectivity index (χ4v) is 7.47. The summed E-state index contributed by atoms with van der Waals surface area (Å²) >= 11 is 0. The minimum Gasteiger partial charge on any atom is -0.358 e. The molecule has 1 aromatic carbocycles. The van der Waals surface area contributed by atoms with Crippen molar-refractivity contribution in [2.75, 3.05) is 18.0 Å². The molecule has 5 heterocycles. The largest absolute Gasteiger partial charge is 0.358 e. The normalized spacial score (nSPS) is 23.2. The summed E-state index contributed by atoms with van der Waals surface area (Å²) in [5, 5.41) is 0. The number of aryl methyl sites for hydroxylation is 2. The number of aromatic nitrogens is 4. The summed E-state index contributed by atoms with van der Waals surface area (Å²) < 4.78 is 0. The molecule has 2 fully saturated rings. The highest BCUT2D eigenvalue weighted by Gasteiger charge is 2.25. The Hall–Kier alpha value is -3.93. The van der Waals surface area contributed by atoms with E-state index in [-0.39, 0.29) is 0 Å². The van der Waals surface area contributed by atoms with Gasteiger partial charge in [-0.25, -0.2) is 9.97 Å². The third-order valence-electron chi connectivity index (χ3n) is 10.4. The summed E-state index contributed by atoms with van der Waals surface area (Å²) in [6, 6.07) is 17.4. The van der Waals surface area contributed by atoms with E-state index in [0.29, 0.717) is 11.8 Å². The van der Waals surface area contributed by atoms with Crippen LogP contribution in [0.3, 0.4) is 0 Å². The average molecular weight is 601 g/mol. The molecule has 7 rings (SSSR count). The summed E-state index contributed by atoms with van der Waals surface area (Å²) in [6.07, 6.45) is 15.7. The fourth-order valence-electron chi connectivity index (χ4n) is 7.47. The number of nitrogens with one attached hydrogen (secondary N) is 2. The van der Waals surface area contributed by atoms with Gasteiger partial charge in [0.25, 0.3) is 0 Å². The first-order valence-electron chi connectivity index (χ1n) is 17.3. The van der Waals surface area contributed by atoms with Gasteiger partial charge < -0.3 is 14.9 Å². The molecule has 6 nitrogen and oxygen atoms in total. The molecule has 234 valence electrons. The lowest BCUT2D eigenvalue weighted by Gasteiger charge is -2.31. The molecule has 3 aliphatic rings. The van der Waals surface area contributed by atoms with E-state index in [0.717, 1.165) is 74.1 Å². The van der Waals surface area contributed by atoms with Crippen molar-refractivity contribution in [3.05, 3.63) is 83.1 Å². The van der Waals surface area contributed by atoms with Gasteiger partial charge >= 0.3 is 0 Å². The molecular formula is C39H48N6. The van der Waals surface area contributed by atoms with Crippen LogP contribution in [0.2, 0.25) is 0 Å². The van der Waals surface area contributed by atoms with Crippen LogP contribution in [0.4, 0.5) is 5.82 Å². The van der Waals surface area contributed by atoms with Gasteiger partial charge in [-0.15, -0.1) is 0 Å². The first kappa shape index (κ1) is 29.8. The van der Waals surface area contributed by atoms with Crippen LogP contribution in [0.5, 0.6) is 0 Å². The molecule has 2 atom stereocenters. The zero-order valence-corrected chi connectivity index (χ0v) is 27.3. The minimum absolute atomic E-state index is 0.433. The number of aromatic amines is 2. The Kier molecular flexibility index (Phi) is 8.73. The van der Waals surface area contributed by atoms with Gasteiger partial charge in [0.2, 0.25) is 0 Å². The van der Waals surface area contributed by atoms with Crippen molar-refractivity contribution in [3.63, 3.8) is 0 Å². The predicted molar refractivity (Wildman–Crippen MR) is 187 cm³/mol. The number of imidazole rings is 1. The highest BCUT2D eigenvalue weighted by Crippen LogP contribution is 2.39. The monoisotopic (exact) mass is 600 g/mol. The lowest BCUT2D eigenvalue weighted by molar-refractivity contribution is 0.436. The zero-order chi connectivity index (χ0) is 30.8. The topological polar surface area (TPSA) is 73.0 Å². The number of benzene rings is 1. The molecule has 0 radical (unpaired) electrons. The SMILES string of the molecule is Cc1[nH]c(C2CCCC/C(=C3/N=CC(C)CCc4[nH]c(-c5ccnc(N6CCC(C)CC6)c5)cc43)CC2)nc1-c1ccccc1. The quantitative estimate of drug-likeness (QED) is 0.245. The molecule has 0 amide bonds. The molecule has 45 heavy (non-hydrogen) atoms. The summed E-state index contributed by atoms with van der Waals surface area (Å²) in [5.41, 5.74) is 11.2. The van der Waals surface area contributed by atoms with E-state index >= 15 is 0 Å². The Morgan fingerprint density at radius 1 is 0.822 bits per heavy atom. The van der Waals surface area contributed by atoms with Crippen molar-refractivity contribution in [2.45, 2.75) is 90.9 Å². The first-order chi connectivity index (χ1) is 22.0. The summed E-state index contributed by atoms with van der Waals surface area (Å²) in [5.74, 6) is 3.94. The van der Waals surface area contributed by atoms with E-state index in [1.165, 1.54) is 71.5 Å². The van der Waals surface area contributed by atoms with E-state index in [1.54, 1.807) is 0 Å². The number of nitrogens with zero attached hydrogens (tertiary/aromatic N) is 4. The lowest BCUT2D eigenvalue weighted by atomic mass is 9.86. The van der Waals surface area contributed by atoms with Crippen molar-refractivity contribution in [2.24, 2.45) is 16.8 Å². The van der Waals surface area contributed by atoms with Crippen LogP contribution in [0, 0.1) is 18.8 Å². The van der Waals surface area contributed by atoms with E-state index in [9.17, 15) is 0 Å². The second kappa shape index (κ2) is 13.2. The maximum atomic E-state index is 5.25. The zero-order valence-electron chi connectivity index (χ0n) is 27.3. The van der Waals surface area contributed by atoms with Gasteiger partial charge in [-0.1, -0.05) is 50.6 Å². The number of fused-ring (bicyclic) bond motifs is 1. The Balaban J connectivity index is 1.18.